The van der Waals surface area contributed by atoms with Gasteiger partial charge in [-0.3, -0.25) is 0 Å². The predicted molar refractivity (Wildman–Crippen MR) is 111 cm³/mol. The summed E-state index contributed by atoms with van der Waals surface area (Å²) in [5.41, 5.74) is 1.86. The summed E-state index contributed by atoms with van der Waals surface area (Å²) in [6.07, 6.45) is 2.71. The van der Waals surface area contributed by atoms with Crippen LogP contribution in [-0.4, -0.2) is 36.5 Å². The van der Waals surface area contributed by atoms with E-state index in [1.54, 1.807) is 30.3 Å². The Bertz CT molecular complexity index is 1140. The maximum Gasteiger partial charge on any atom is 0.243 e. The first-order valence-corrected chi connectivity index (χ1v) is 11.2. The van der Waals surface area contributed by atoms with E-state index in [4.69, 9.17) is 4.74 Å². The zero-order chi connectivity index (χ0) is 20.8. The van der Waals surface area contributed by atoms with E-state index < -0.39 is 10.0 Å². The molecule has 0 bridgehead atoms. The summed E-state index contributed by atoms with van der Waals surface area (Å²) in [6, 6.07) is 11.3. The fourth-order valence-corrected chi connectivity index (χ4v) is 5.46. The number of halogens is 1. The second kappa shape index (κ2) is 7.46. The van der Waals surface area contributed by atoms with Gasteiger partial charge in [-0.1, -0.05) is 0 Å². The molecule has 7 heteroatoms. The number of benzene rings is 2. The van der Waals surface area contributed by atoms with Crippen molar-refractivity contribution in [1.29, 1.82) is 0 Å². The molecule has 0 saturated carbocycles. The number of hydrogen-bond acceptors (Lipinski definition) is 3. The molecule has 5 nitrogen and oxygen atoms in total. The van der Waals surface area contributed by atoms with Crippen LogP contribution in [0, 0.1) is 12.7 Å². The number of rotatable bonds is 5. The molecule has 0 N–H and O–H groups in total. The monoisotopic (exact) mass is 416 g/mol. The summed E-state index contributed by atoms with van der Waals surface area (Å²) in [7, 11) is -3.59. The van der Waals surface area contributed by atoms with Crippen molar-refractivity contribution in [3.63, 3.8) is 0 Å². The summed E-state index contributed by atoms with van der Waals surface area (Å²) in [5.74, 6) is 0.359. The van der Waals surface area contributed by atoms with Crippen molar-refractivity contribution in [3.05, 3.63) is 60.0 Å². The van der Waals surface area contributed by atoms with Gasteiger partial charge in [-0.2, -0.15) is 4.31 Å². The van der Waals surface area contributed by atoms with E-state index in [0.717, 1.165) is 16.5 Å². The van der Waals surface area contributed by atoms with Crippen molar-refractivity contribution in [2.75, 3.05) is 13.1 Å². The third kappa shape index (κ3) is 3.76. The molecule has 2 aromatic carbocycles. The molecule has 0 unspecified atom stereocenters. The highest BCUT2D eigenvalue weighted by atomic mass is 32.2. The largest absolute Gasteiger partial charge is 0.491 e. The number of aromatic nitrogens is 1. The van der Waals surface area contributed by atoms with Gasteiger partial charge in [0, 0.05) is 30.7 Å². The van der Waals surface area contributed by atoms with Gasteiger partial charge in [-0.15, -0.1) is 0 Å². The van der Waals surface area contributed by atoms with Crippen molar-refractivity contribution in [3.8, 4) is 5.75 Å². The number of nitrogens with zero attached hydrogens (tertiary/aromatic N) is 2. The molecular weight excluding hydrogens is 391 g/mol. The van der Waals surface area contributed by atoms with Crippen LogP contribution in [0.25, 0.3) is 10.9 Å². The van der Waals surface area contributed by atoms with Crippen LogP contribution in [0.15, 0.2) is 53.6 Å². The minimum absolute atomic E-state index is 0.0219. The van der Waals surface area contributed by atoms with Crippen molar-refractivity contribution >= 4 is 20.9 Å². The highest BCUT2D eigenvalue weighted by Crippen LogP contribution is 2.32. The molecular formula is C22H25FN2O3S. The molecule has 0 amide bonds. The van der Waals surface area contributed by atoms with Crippen LogP contribution in [0.1, 0.15) is 31.9 Å². The number of fused-ring (bicyclic) bond motifs is 1. The standard InChI is InChI=1S/C22H25FN2O3S/c1-15(2)28-19-5-7-20(8-6-19)29(26,27)24-11-10-18(14-24)25-13-16(3)21-9-4-17(23)12-22(21)25/h4-9,12-13,15,18H,10-11,14H2,1-3H3/t18-/m1/s1. The first-order valence-electron chi connectivity index (χ1n) is 9.79. The van der Waals surface area contributed by atoms with Crippen molar-refractivity contribution in [1.82, 2.24) is 8.87 Å². The molecule has 1 aliphatic heterocycles. The Morgan fingerprint density at radius 3 is 2.55 bits per heavy atom. The van der Waals surface area contributed by atoms with E-state index in [-0.39, 0.29) is 22.9 Å². The van der Waals surface area contributed by atoms with Crippen LogP contribution in [0.4, 0.5) is 4.39 Å². The van der Waals surface area contributed by atoms with Gasteiger partial charge in [-0.25, -0.2) is 12.8 Å². The maximum atomic E-state index is 13.8. The average molecular weight is 417 g/mol. The van der Waals surface area contributed by atoms with Crippen LogP contribution in [-0.2, 0) is 10.0 Å². The average Bonchev–Trinajstić information content (AvgIpc) is 3.27. The Labute approximate surface area is 170 Å². The van der Waals surface area contributed by atoms with Crippen molar-refractivity contribution < 1.29 is 17.5 Å². The van der Waals surface area contributed by atoms with Gasteiger partial charge >= 0.3 is 0 Å². The smallest absolute Gasteiger partial charge is 0.243 e. The molecule has 0 radical (unpaired) electrons. The van der Waals surface area contributed by atoms with E-state index in [9.17, 15) is 12.8 Å². The van der Waals surface area contributed by atoms with E-state index in [2.05, 4.69) is 0 Å². The Kier molecular flexibility index (Phi) is 5.12. The molecule has 1 saturated heterocycles. The summed E-state index contributed by atoms with van der Waals surface area (Å²) in [4.78, 5) is 0.258. The summed E-state index contributed by atoms with van der Waals surface area (Å²) >= 11 is 0. The van der Waals surface area contributed by atoms with Gasteiger partial charge in [0.05, 0.1) is 16.5 Å². The van der Waals surface area contributed by atoms with E-state index in [1.807, 2.05) is 31.5 Å². The van der Waals surface area contributed by atoms with Crippen LogP contribution >= 0.6 is 0 Å². The van der Waals surface area contributed by atoms with Crippen LogP contribution < -0.4 is 4.74 Å². The first kappa shape index (κ1) is 19.9. The fraction of sp³-hybridized carbons (Fsp3) is 0.364. The normalized spacial score (nSPS) is 18.0. The summed E-state index contributed by atoms with van der Waals surface area (Å²) in [5, 5.41) is 0.994. The second-order valence-corrected chi connectivity index (χ2v) is 9.76. The minimum atomic E-state index is -3.59. The Morgan fingerprint density at radius 2 is 1.86 bits per heavy atom. The zero-order valence-electron chi connectivity index (χ0n) is 16.8. The fourth-order valence-electron chi connectivity index (χ4n) is 3.97. The Hall–Kier alpha value is -2.38. The summed E-state index contributed by atoms with van der Waals surface area (Å²) < 4.78 is 49.1. The minimum Gasteiger partial charge on any atom is -0.491 e. The molecule has 3 aromatic rings. The van der Waals surface area contributed by atoms with Gasteiger partial charge in [0.1, 0.15) is 11.6 Å². The van der Waals surface area contributed by atoms with Crippen LogP contribution in [0.3, 0.4) is 0 Å². The van der Waals surface area contributed by atoms with Gasteiger partial charge < -0.3 is 9.30 Å². The number of ether oxygens (including phenoxy) is 1. The zero-order valence-corrected chi connectivity index (χ0v) is 17.6. The molecule has 1 fully saturated rings. The molecule has 1 aliphatic rings. The van der Waals surface area contributed by atoms with E-state index in [0.29, 0.717) is 25.3 Å². The maximum absolute atomic E-state index is 13.8. The second-order valence-electron chi connectivity index (χ2n) is 7.82. The molecule has 29 heavy (non-hydrogen) atoms. The lowest BCUT2D eigenvalue weighted by molar-refractivity contribution is 0.242. The molecule has 1 aromatic heterocycles. The Balaban J connectivity index is 1.57. The number of sulfonamides is 1. The van der Waals surface area contributed by atoms with Gasteiger partial charge in [0.25, 0.3) is 0 Å². The lowest BCUT2D eigenvalue weighted by Gasteiger charge is -2.18. The molecule has 0 aliphatic carbocycles. The lowest BCUT2D eigenvalue weighted by atomic mass is 10.2. The van der Waals surface area contributed by atoms with E-state index >= 15 is 0 Å². The SMILES string of the molecule is Cc1cn([C@@H]2CCN(S(=O)(=O)c3ccc(OC(C)C)cc3)C2)c2cc(F)ccc12. The molecule has 4 rings (SSSR count). The quantitative estimate of drug-likeness (QED) is 0.615. The lowest BCUT2D eigenvalue weighted by Crippen LogP contribution is -2.29. The molecule has 2 heterocycles. The van der Waals surface area contributed by atoms with Crippen LogP contribution in [0.5, 0.6) is 5.75 Å². The van der Waals surface area contributed by atoms with Gasteiger partial charge in [0.2, 0.25) is 10.0 Å². The highest BCUT2D eigenvalue weighted by molar-refractivity contribution is 7.89. The van der Waals surface area contributed by atoms with E-state index in [1.165, 1.54) is 16.4 Å². The molecule has 0 spiro atoms. The van der Waals surface area contributed by atoms with Crippen LogP contribution in [0.2, 0.25) is 0 Å². The third-order valence-corrected chi connectivity index (χ3v) is 7.23. The predicted octanol–water partition coefficient (Wildman–Crippen LogP) is 4.51. The van der Waals surface area contributed by atoms with Crippen molar-refractivity contribution in [2.45, 2.75) is 44.2 Å². The molecule has 154 valence electrons. The topological polar surface area (TPSA) is 51.5 Å². The summed E-state index contributed by atoms with van der Waals surface area (Å²) in [6.45, 7) is 6.64. The first-order chi connectivity index (χ1) is 13.8. The highest BCUT2D eigenvalue weighted by Gasteiger charge is 2.34. The number of aryl methyl sites for hydroxylation is 1. The van der Waals surface area contributed by atoms with Gasteiger partial charge in [-0.05, 0) is 75.2 Å². The molecule has 1 atom stereocenters. The number of hydrogen-bond donors (Lipinski definition) is 0. The van der Waals surface area contributed by atoms with Gasteiger partial charge in [0.15, 0.2) is 0 Å². The third-order valence-electron chi connectivity index (χ3n) is 5.35. The van der Waals surface area contributed by atoms with Crippen molar-refractivity contribution in [2.24, 2.45) is 0 Å². The Morgan fingerprint density at radius 1 is 1.14 bits per heavy atom.